The van der Waals surface area contributed by atoms with E-state index in [-0.39, 0.29) is 0 Å². The van der Waals surface area contributed by atoms with Crippen LogP contribution in [-0.4, -0.2) is 19.9 Å². The molecule has 0 unspecified atom stereocenters. The summed E-state index contributed by atoms with van der Waals surface area (Å²) in [5.41, 5.74) is 26.1. The Balaban J connectivity index is 1.32. The predicted molar refractivity (Wildman–Crippen MR) is 266 cm³/mol. The standard InChI is InChI=1S/C59H51N5/c1-35-37(3)41(7)56-48(39(35)5)32-49-40(6)36(2)38(4)42(8)57(49)64(56)55-30-29-47(58-60-51(43-21-13-9-14-22-43)33-52(61-58)44-23-15-10-16-24-44)31-50(55)59-62-53(45-25-17-11-18-26-45)34-54(63-59)46-27-19-12-20-28-46/h9-31,33-34H,32H2,1-8H3. The van der Waals surface area contributed by atoms with E-state index in [9.17, 15) is 0 Å². The maximum atomic E-state index is 5.50. The van der Waals surface area contributed by atoms with Gasteiger partial charge in [-0.25, -0.2) is 19.9 Å². The van der Waals surface area contributed by atoms with Gasteiger partial charge in [-0.05, 0) is 141 Å². The Morgan fingerprint density at radius 1 is 0.328 bits per heavy atom. The number of rotatable bonds is 7. The molecule has 312 valence electrons. The van der Waals surface area contributed by atoms with Gasteiger partial charge in [0.1, 0.15) is 0 Å². The molecular formula is C59H51N5. The monoisotopic (exact) mass is 829 g/mol. The van der Waals surface area contributed by atoms with Crippen LogP contribution in [0.25, 0.3) is 67.8 Å². The zero-order valence-electron chi connectivity index (χ0n) is 37.9. The lowest BCUT2D eigenvalue weighted by Crippen LogP contribution is -2.25. The largest absolute Gasteiger partial charge is 0.309 e. The van der Waals surface area contributed by atoms with E-state index >= 15 is 0 Å². The van der Waals surface area contributed by atoms with Crippen molar-refractivity contribution in [1.29, 1.82) is 0 Å². The minimum atomic E-state index is 0.629. The first kappa shape index (κ1) is 40.6. The van der Waals surface area contributed by atoms with Crippen LogP contribution in [0.15, 0.2) is 152 Å². The Bertz CT molecular complexity index is 3060. The summed E-state index contributed by atoms with van der Waals surface area (Å²) in [5.74, 6) is 1.26. The van der Waals surface area contributed by atoms with E-state index in [4.69, 9.17) is 19.9 Å². The first-order valence-electron chi connectivity index (χ1n) is 22.2. The Morgan fingerprint density at radius 3 is 1.05 bits per heavy atom. The van der Waals surface area contributed by atoms with E-state index in [2.05, 4.69) is 188 Å². The third-order valence-corrected chi connectivity index (χ3v) is 13.8. The number of hydrogen-bond acceptors (Lipinski definition) is 5. The summed E-state index contributed by atoms with van der Waals surface area (Å²) in [7, 11) is 0. The molecule has 0 fully saturated rings. The molecule has 2 aromatic heterocycles. The van der Waals surface area contributed by atoms with E-state index in [0.29, 0.717) is 11.6 Å². The first-order valence-corrected chi connectivity index (χ1v) is 22.2. The molecule has 0 atom stereocenters. The molecule has 0 saturated heterocycles. The summed E-state index contributed by atoms with van der Waals surface area (Å²) in [6.07, 6.45) is 0.872. The van der Waals surface area contributed by atoms with Crippen LogP contribution in [-0.2, 0) is 6.42 Å². The van der Waals surface area contributed by atoms with E-state index < -0.39 is 0 Å². The van der Waals surface area contributed by atoms with Crippen LogP contribution in [0.2, 0.25) is 0 Å². The lowest BCUT2D eigenvalue weighted by atomic mass is 9.80. The lowest BCUT2D eigenvalue weighted by Gasteiger charge is -2.40. The topological polar surface area (TPSA) is 54.8 Å². The summed E-state index contributed by atoms with van der Waals surface area (Å²) in [6.45, 7) is 18.3. The quantitative estimate of drug-likeness (QED) is 0.160. The van der Waals surface area contributed by atoms with Crippen LogP contribution in [0.4, 0.5) is 17.1 Å². The molecule has 0 bridgehead atoms. The summed E-state index contributed by atoms with van der Waals surface area (Å²) >= 11 is 0. The highest BCUT2D eigenvalue weighted by atomic mass is 15.2. The molecule has 10 rings (SSSR count). The van der Waals surface area contributed by atoms with Crippen LogP contribution < -0.4 is 4.90 Å². The van der Waals surface area contributed by atoms with Gasteiger partial charge in [0.05, 0.1) is 39.8 Å². The van der Waals surface area contributed by atoms with Crippen molar-refractivity contribution >= 4 is 17.1 Å². The lowest BCUT2D eigenvalue weighted by molar-refractivity contribution is 0.995. The Hall–Kier alpha value is -7.50. The fourth-order valence-electron chi connectivity index (χ4n) is 9.53. The number of aromatic nitrogens is 4. The number of benzene rings is 7. The fourth-order valence-corrected chi connectivity index (χ4v) is 9.53. The van der Waals surface area contributed by atoms with Gasteiger partial charge in [-0.1, -0.05) is 121 Å². The zero-order chi connectivity index (χ0) is 44.2. The van der Waals surface area contributed by atoms with Crippen molar-refractivity contribution in [2.45, 2.75) is 61.8 Å². The third-order valence-electron chi connectivity index (χ3n) is 13.8. The highest BCUT2D eigenvalue weighted by Crippen LogP contribution is 2.53. The maximum Gasteiger partial charge on any atom is 0.162 e. The molecule has 0 amide bonds. The van der Waals surface area contributed by atoms with Crippen LogP contribution >= 0.6 is 0 Å². The Morgan fingerprint density at radius 2 is 0.672 bits per heavy atom. The molecule has 9 aromatic rings. The maximum absolute atomic E-state index is 5.50. The molecule has 0 radical (unpaired) electrons. The van der Waals surface area contributed by atoms with Crippen LogP contribution in [0.1, 0.15) is 55.6 Å². The molecule has 1 aliphatic heterocycles. The number of anilines is 3. The predicted octanol–water partition coefficient (Wildman–Crippen LogP) is 15.1. The highest BCUT2D eigenvalue weighted by Gasteiger charge is 2.34. The van der Waals surface area contributed by atoms with Crippen molar-refractivity contribution in [1.82, 2.24) is 19.9 Å². The minimum Gasteiger partial charge on any atom is -0.309 e. The fraction of sp³-hybridized carbons (Fsp3) is 0.153. The molecule has 1 aliphatic rings. The second-order valence-corrected chi connectivity index (χ2v) is 17.3. The van der Waals surface area contributed by atoms with Crippen LogP contribution in [0.5, 0.6) is 0 Å². The number of fused-ring (bicyclic) bond motifs is 2. The third kappa shape index (κ3) is 6.98. The van der Waals surface area contributed by atoms with Crippen molar-refractivity contribution in [3.05, 3.63) is 207 Å². The second kappa shape index (κ2) is 16.3. The summed E-state index contributed by atoms with van der Waals surface area (Å²) < 4.78 is 0. The van der Waals surface area contributed by atoms with Gasteiger partial charge in [0.25, 0.3) is 0 Å². The molecule has 5 nitrogen and oxygen atoms in total. The molecule has 5 heteroatoms. The summed E-state index contributed by atoms with van der Waals surface area (Å²) in [6, 6.07) is 52.5. The van der Waals surface area contributed by atoms with Gasteiger partial charge in [0.15, 0.2) is 11.6 Å². The van der Waals surface area contributed by atoms with Gasteiger partial charge in [-0.15, -0.1) is 0 Å². The van der Waals surface area contributed by atoms with Crippen molar-refractivity contribution in [3.8, 4) is 67.8 Å². The van der Waals surface area contributed by atoms with Crippen molar-refractivity contribution in [2.24, 2.45) is 0 Å². The Labute approximate surface area is 377 Å². The van der Waals surface area contributed by atoms with E-state index in [1.807, 2.05) is 24.3 Å². The highest BCUT2D eigenvalue weighted by molar-refractivity contribution is 5.96. The molecule has 0 saturated carbocycles. The average molecular weight is 830 g/mol. The molecule has 3 heterocycles. The summed E-state index contributed by atoms with van der Waals surface area (Å²) in [4.78, 5) is 24.2. The molecule has 7 aromatic carbocycles. The zero-order valence-corrected chi connectivity index (χ0v) is 37.9. The van der Waals surface area contributed by atoms with Crippen LogP contribution in [0, 0.1) is 55.4 Å². The molecular weight excluding hydrogens is 779 g/mol. The van der Waals surface area contributed by atoms with Gasteiger partial charge in [0, 0.05) is 39.8 Å². The van der Waals surface area contributed by atoms with Gasteiger partial charge in [-0.3, -0.25) is 0 Å². The number of nitrogens with zero attached hydrogens (tertiary/aromatic N) is 5. The van der Waals surface area contributed by atoms with Gasteiger partial charge < -0.3 is 4.90 Å². The van der Waals surface area contributed by atoms with Crippen molar-refractivity contribution < 1.29 is 0 Å². The smallest absolute Gasteiger partial charge is 0.162 e. The molecule has 0 N–H and O–H groups in total. The van der Waals surface area contributed by atoms with Gasteiger partial charge >= 0.3 is 0 Å². The minimum absolute atomic E-state index is 0.629. The second-order valence-electron chi connectivity index (χ2n) is 17.3. The van der Waals surface area contributed by atoms with Crippen molar-refractivity contribution in [2.75, 3.05) is 4.90 Å². The first-order chi connectivity index (χ1) is 31.1. The van der Waals surface area contributed by atoms with E-state index in [0.717, 1.165) is 68.3 Å². The van der Waals surface area contributed by atoms with Crippen molar-refractivity contribution in [3.63, 3.8) is 0 Å². The average Bonchev–Trinajstić information content (AvgIpc) is 3.36. The molecule has 0 spiro atoms. The van der Waals surface area contributed by atoms with Gasteiger partial charge in [-0.2, -0.15) is 0 Å². The SMILES string of the molecule is Cc1c(C)c(C)c2c(c1C)Cc1c(C)c(C)c(C)c(C)c1N2c1ccc(-c2nc(-c3ccccc3)cc(-c3ccccc3)n2)cc1-c1nc(-c2ccccc2)cc(-c2ccccc2)n1. The normalized spacial score (nSPS) is 12.0. The van der Waals surface area contributed by atoms with Gasteiger partial charge in [0.2, 0.25) is 0 Å². The number of hydrogen-bond donors (Lipinski definition) is 0. The summed E-state index contributed by atoms with van der Waals surface area (Å²) in [5, 5.41) is 0. The van der Waals surface area contributed by atoms with Crippen LogP contribution in [0.3, 0.4) is 0 Å². The molecule has 64 heavy (non-hydrogen) atoms. The van der Waals surface area contributed by atoms with E-state index in [1.165, 1.54) is 67.0 Å². The Kier molecular flexibility index (Phi) is 10.3. The molecule has 0 aliphatic carbocycles. The van der Waals surface area contributed by atoms with E-state index in [1.54, 1.807) is 0 Å².